The number of piperazine rings is 1. The number of hydrogen-bond acceptors (Lipinski definition) is 5. The molecular formula is C19H24N4O2. The van der Waals surface area contributed by atoms with Gasteiger partial charge in [-0.25, -0.2) is 4.98 Å². The highest BCUT2D eigenvalue weighted by atomic mass is 16.5. The van der Waals surface area contributed by atoms with Crippen molar-refractivity contribution in [2.24, 2.45) is 0 Å². The van der Waals surface area contributed by atoms with Crippen molar-refractivity contribution >= 4 is 17.4 Å². The van der Waals surface area contributed by atoms with Crippen LogP contribution in [0.4, 0.5) is 11.5 Å². The number of anilines is 2. The fourth-order valence-electron chi connectivity index (χ4n) is 3.02. The standard InChI is InChI=1S/C19H24N4O2/c1-21(2)18-14-15(8-9-20-18)19(24)23-12-10-22(11-13-23)16-6-4-5-7-17(16)25-3/h4-9,14H,10-13H2,1-3H3. The molecule has 0 bridgehead atoms. The molecule has 6 heteroatoms. The number of methoxy groups -OCH3 is 1. The van der Waals surface area contributed by atoms with Crippen LogP contribution >= 0.6 is 0 Å². The minimum Gasteiger partial charge on any atom is -0.495 e. The Morgan fingerprint density at radius 3 is 2.52 bits per heavy atom. The van der Waals surface area contributed by atoms with Gasteiger partial charge in [-0.2, -0.15) is 0 Å². The van der Waals surface area contributed by atoms with Crippen molar-refractivity contribution in [2.75, 3.05) is 57.2 Å². The van der Waals surface area contributed by atoms with Crippen molar-refractivity contribution in [1.29, 1.82) is 0 Å². The lowest BCUT2D eigenvalue weighted by Crippen LogP contribution is -2.48. The number of nitrogens with zero attached hydrogens (tertiary/aromatic N) is 4. The maximum absolute atomic E-state index is 12.8. The quantitative estimate of drug-likeness (QED) is 0.853. The van der Waals surface area contributed by atoms with E-state index in [0.717, 1.165) is 30.3 Å². The molecule has 0 unspecified atom stereocenters. The smallest absolute Gasteiger partial charge is 0.254 e. The number of carbonyl (C=O) groups excluding carboxylic acids is 1. The maximum Gasteiger partial charge on any atom is 0.254 e. The highest BCUT2D eigenvalue weighted by Gasteiger charge is 2.24. The molecule has 2 heterocycles. The third-order valence-corrected chi connectivity index (χ3v) is 4.44. The van der Waals surface area contributed by atoms with Gasteiger partial charge in [-0.1, -0.05) is 12.1 Å². The number of rotatable bonds is 4. The fourth-order valence-corrected chi connectivity index (χ4v) is 3.02. The third kappa shape index (κ3) is 3.68. The highest BCUT2D eigenvalue weighted by Crippen LogP contribution is 2.28. The second kappa shape index (κ2) is 7.42. The number of benzene rings is 1. The van der Waals surface area contributed by atoms with Crippen molar-refractivity contribution in [3.8, 4) is 5.75 Å². The lowest BCUT2D eigenvalue weighted by Gasteiger charge is -2.36. The van der Waals surface area contributed by atoms with E-state index in [1.54, 1.807) is 19.4 Å². The van der Waals surface area contributed by atoms with E-state index in [2.05, 4.69) is 16.0 Å². The number of aromatic nitrogens is 1. The molecule has 1 aliphatic heterocycles. The van der Waals surface area contributed by atoms with E-state index in [-0.39, 0.29) is 5.91 Å². The van der Waals surface area contributed by atoms with E-state index < -0.39 is 0 Å². The summed E-state index contributed by atoms with van der Waals surface area (Å²) >= 11 is 0. The van der Waals surface area contributed by atoms with Crippen molar-refractivity contribution in [3.63, 3.8) is 0 Å². The molecule has 1 saturated heterocycles. The Morgan fingerprint density at radius 1 is 1.12 bits per heavy atom. The number of carbonyl (C=O) groups is 1. The monoisotopic (exact) mass is 340 g/mol. The Kier molecular flexibility index (Phi) is 5.07. The van der Waals surface area contributed by atoms with Crippen LogP contribution in [0.15, 0.2) is 42.6 Å². The van der Waals surface area contributed by atoms with E-state index in [4.69, 9.17) is 4.74 Å². The predicted molar refractivity (Wildman–Crippen MR) is 99.7 cm³/mol. The molecular weight excluding hydrogens is 316 g/mol. The third-order valence-electron chi connectivity index (χ3n) is 4.44. The normalized spacial score (nSPS) is 14.4. The molecule has 0 spiro atoms. The summed E-state index contributed by atoms with van der Waals surface area (Å²) in [6, 6.07) is 11.6. The fraction of sp³-hybridized carbons (Fsp3) is 0.368. The number of amides is 1. The average Bonchev–Trinajstić information content (AvgIpc) is 2.67. The highest BCUT2D eigenvalue weighted by molar-refractivity contribution is 5.95. The van der Waals surface area contributed by atoms with Crippen molar-refractivity contribution in [2.45, 2.75) is 0 Å². The zero-order chi connectivity index (χ0) is 17.8. The summed E-state index contributed by atoms with van der Waals surface area (Å²) in [7, 11) is 5.52. The summed E-state index contributed by atoms with van der Waals surface area (Å²) in [5.41, 5.74) is 1.76. The van der Waals surface area contributed by atoms with Crippen molar-refractivity contribution < 1.29 is 9.53 Å². The molecule has 0 atom stereocenters. The molecule has 3 rings (SSSR count). The van der Waals surface area contributed by atoms with Gasteiger partial charge in [0.1, 0.15) is 11.6 Å². The van der Waals surface area contributed by atoms with Gasteiger partial charge in [0.15, 0.2) is 0 Å². The van der Waals surface area contributed by atoms with E-state index in [9.17, 15) is 4.79 Å². The summed E-state index contributed by atoms with van der Waals surface area (Å²) in [5.74, 6) is 1.72. The first kappa shape index (κ1) is 17.1. The minimum absolute atomic E-state index is 0.0603. The topological polar surface area (TPSA) is 48.9 Å². The first-order valence-corrected chi connectivity index (χ1v) is 8.41. The molecule has 1 aliphatic rings. The van der Waals surface area contributed by atoms with Crippen LogP contribution in [-0.4, -0.2) is 63.2 Å². The maximum atomic E-state index is 12.8. The van der Waals surface area contributed by atoms with Crippen LogP contribution in [0.1, 0.15) is 10.4 Å². The SMILES string of the molecule is COc1ccccc1N1CCN(C(=O)c2ccnc(N(C)C)c2)CC1. The van der Waals surface area contributed by atoms with E-state index >= 15 is 0 Å². The van der Waals surface area contributed by atoms with E-state index in [1.165, 1.54) is 0 Å². The summed E-state index contributed by atoms with van der Waals surface area (Å²) in [6.07, 6.45) is 1.69. The molecule has 132 valence electrons. The van der Waals surface area contributed by atoms with Gasteiger partial charge in [-0.15, -0.1) is 0 Å². The van der Waals surface area contributed by atoms with Crippen LogP contribution in [0.25, 0.3) is 0 Å². The van der Waals surface area contributed by atoms with Gasteiger partial charge < -0.3 is 19.4 Å². The Balaban J connectivity index is 1.68. The molecule has 1 aromatic carbocycles. The van der Waals surface area contributed by atoms with E-state index in [0.29, 0.717) is 18.7 Å². The zero-order valence-corrected chi connectivity index (χ0v) is 15.0. The summed E-state index contributed by atoms with van der Waals surface area (Å²) < 4.78 is 5.44. The number of hydrogen-bond donors (Lipinski definition) is 0. The molecule has 1 aromatic heterocycles. The summed E-state index contributed by atoms with van der Waals surface area (Å²) in [4.78, 5) is 23.1. The van der Waals surface area contributed by atoms with Crippen molar-refractivity contribution in [3.05, 3.63) is 48.2 Å². The molecule has 0 N–H and O–H groups in total. The van der Waals surface area contributed by atoms with Gasteiger partial charge in [0.05, 0.1) is 12.8 Å². The predicted octanol–water partition coefficient (Wildman–Crippen LogP) is 2.12. The van der Waals surface area contributed by atoms with Gasteiger partial charge in [0.25, 0.3) is 5.91 Å². The molecule has 1 amide bonds. The molecule has 0 radical (unpaired) electrons. The van der Waals surface area contributed by atoms with Crippen LogP contribution in [0.5, 0.6) is 5.75 Å². The summed E-state index contributed by atoms with van der Waals surface area (Å²) in [5, 5.41) is 0. The Hall–Kier alpha value is -2.76. The van der Waals surface area contributed by atoms with Gasteiger partial charge in [0.2, 0.25) is 0 Å². The number of pyridine rings is 1. The second-order valence-corrected chi connectivity index (χ2v) is 6.25. The molecule has 2 aromatic rings. The van der Waals surface area contributed by atoms with Crippen LogP contribution in [0.3, 0.4) is 0 Å². The minimum atomic E-state index is 0.0603. The largest absolute Gasteiger partial charge is 0.495 e. The Morgan fingerprint density at radius 2 is 1.84 bits per heavy atom. The van der Waals surface area contributed by atoms with E-state index in [1.807, 2.05) is 48.2 Å². The van der Waals surface area contributed by atoms with Gasteiger partial charge in [-0.3, -0.25) is 4.79 Å². The van der Waals surface area contributed by atoms with Crippen molar-refractivity contribution in [1.82, 2.24) is 9.88 Å². The van der Waals surface area contributed by atoms with Crippen LogP contribution in [-0.2, 0) is 0 Å². The molecule has 0 saturated carbocycles. The first-order valence-electron chi connectivity index (χ1n) is 8.41. The van der Waals surface area contributed by atoms with Gasteiger partial charge in [-0.05, 0) is 24.3 Å². The lowest BCUT2D eigenvalue weighted by molar-refractivity contribution is 0.0746. The second-order valence-electron chi connectivity index (χ2n) is 6.25. The van der Waals surface area contributed by atoms with Gasteiger partial charge >= 0.3 is 0 Å². The van der Waals surface area contributed by atoms with Gasteiger partial charge in [0, 0.05) is 52.0 Å². The zero-order valence-electron chi connectivity index (χ0n) is 15.0. The summed E-state index contributed by atoms with van der Waals surface area (Å²) in [6.45, 7) is 2.96. The molecule has 0 aliphatic carbocycles. The number of para-hydroxylation sites is 2. The molecule has 25 heavy (non-hydrogen) atoms. The molecule has 1 fully saturated rings. The van der Waals surface area contributed by atoms with Crippen LogP contribution in [0.2, 0.25) is 0 Å². The van der Waals surface area contributed by atoms with Crippen LogP contribution in [0, 0.1) is 0 Å². The average molecular weight is 340 g/mol. The number of ether oxygens (including phenoxy) is 1. The van der Waals surface area contributed by atoms with Crippen LogP contribution < -0.4 is 14.5 Å². The Bertz CT molecular complexity index is 740. The molecule has 6 nitrogen and oxygen atoms in total. The first-order chi connectivity index (χ1) is 12.1. The lowest BCUT2D eigenvalue weighted by atomic mass is 10.2. The Labute approximate surface area is 148 Å².